The average Bonchev–Trinajstić information content (AvgIpc) is 2.85. The van der Waals surface area contributed by atoms with Gasteiger partial charge < -0.3 is 10.1 Å². The van der Waals surface area contributed by atoms with Gasteiger partial charge in [0.05, 0.1) is 0 Å². The summed E-state index contributed by atoms with van der Waals surface area (Å²) in [6, 6.07) is 4.10. The highest BCUT2D eigenvalue weighted by Gasteiger charge is 2.22. The fourth-order valence-corrected chi connectivity index (χ4v) is 2.45. The Bertz CT molecular complexity index is 371. The van der Waals surface area contributed by atoms with Gasteiger partial charge in [0.15, 0.2) is 0 Å². The summed E-state index contributed by atoms with van der Waals surface area (Å²) < 4.78 is 32.5. The summed E-state index contributed by atoms with van der Waals surface area (Å²) in [5.74, 6) is -0.423. The Hall–Kier alpha value is -1.00. The molecule has 2 rings (SSSR count). The molecule has 1 aliphatic heterocycles. The highest BCUT2D eigenvalue weighted by Crippen LogP contribution is 2.21. The van der Waals surface area contributed by atoms with Gasteiger partial charge in [-0.25, -0.2) is 8.78 Å². The molecule has 0 bridgehead atoms. The van der Waals surface area contributed by atoms with E-state index in [2.05, 4.69) is 5.32 Å². The van der Waals surface area contributed by atoms with Crippen LogP contribution in [-0.2, 0) is 11.2 Å². The summed E-state index contributed by atoms with van der Waals surface area (Å²) >= 11 is 0. The number of likely N-dealkylation sites (N-methyl/N-ethyl adjacent to an activating group) is 1. The predicted octanol–water partition coefficient (Wildman–Crippen LogP) is 2.52. The van der Waals surface area contributed by atoms with E-state index in [1.165, 1.54) is 18.2 Å². The largest absolute Gasteiger partial charge is 0.381 e. The third-order valence-electron chi connectivity index (χ3n) is 3.56. The van der Waals surface area contributed by atoms with Crippen LogP contribution in [0.2, 0.25) is 0 Å². The minimum absolute atomic E-state index is 0.0862. The third kappa shape index (κ3) is 3.27. The molecule has 1 heterocycles. The second kappa shape index (κ2) is 6.25. The summed E-state index contributed by atoms with van der Waals surface area (Å²) in [5, 5.41) is 3.14. The van der Waals surface area contributed by atoms with Gasteiger partial charge in [-0.15, -0.1) is 0 Å². The first-order valence-corrected chi connectivity index (χ1v) is 6.38. The van der Waals surface area contributed by atoms with E-state index >= 15 is 0 Å². The molecule has 0 aromatic heterocycles. The Morgan fingerprint density at radius 2 is 2.11 bits per heavy atom. The fraction of sp³-hybridized carbons (Fsp3) is 0.571. The van der Waals surface area contributed by atoms with Gasteiger partial charge in [-0.2, -0.15) is 0 Å². The van der Waals surface area contributed by atoms with E-state index in [1.54, 1.807) is 0 Å². The molecule has 4 heteroatoms. The van der Waals surface area contributed by atoms with Crippen LogP contribution in [-0.4, -0.2) is 26.3 Å². The molecule has 0 saturated carbocycles. The van der Waals surface area contributed by atoms with Crippen LogP contribution < -0.4 is 5.32 Å². The lowest BCUT2D eigenvalue weighted by atomic mass is 9.94. The van der Waals surface area contributed by atoms with E-state index in [0.29, 0.717) is 12.3 Å². The summed E-state index contributed by atoms with van der Waals surface area (Å²) in [7, 11) is 1.83. The number of hydrogen-bond acceptors (Lipinski definition) is 2. The van der Waals surface area contributed by atoms with E-state index in [4.69, 9.17) is 4.74 Å². The van der Waals surface area contributed by atoms with E-state index in [1.807, 2.05) is 7.05 Å². The smallest absolute Gasteiger partial charge is 0.129 e. The minimum Gasteiger partial charge on any atom is -0.381 e. The van der Waals surface area contributed by atoms with Crippen LogP contribution in [0.4, 0.5) is 8.78 Å². The van der Waals surface area contributed by atoms with Crippen molar-refractivity contribution in [3.05, 3.63) is 35.4 Å². The molecular weight excluding hydrogens is 236 g/mol. The zero-order valence-corrected chi connectivity index (χ0v) is 10.6. The van der Waals surface area contributed by atoms with Crippen molar-refractivity contribution in [2.24, 2.45) is 5.92 Å². The Balaban J connectivity index is 2.00. The van der Waals surface area contributed by atoms with Crippen LogP contribution in [0.3, 0.4) is 0 Å². The summed E-state index contributed by atoms with van der Waals surface area (Å²) in [4.78, 5) is 0. The molecule has 0 spiro atoms. The van der Waals surface area contributed by atoms with E-state index in [9.17, 15) is 8.78 Å². The molecule has 1 aliphatic rings. The summed E-state index contributed by atoms with van der Waals surface area (Å²) in [6.45, 7) is 1.56. The maximum Gasteiger partial charge on any atom is 0.129 e. The van der Waals surface area contributed by atoms with Gasteiger partial charge in [0.25, 0.3) is 0 Å². The van der Waals surface area contributed by atoms with Crippen LogP contribution in [0.25, 0.3) is 0 Å². The van der Waals surface area contributed by atoms with Crippen molar-refractivity contribution in [2.75, 3.05) is 20.3 Å². The standard InChI is InChI=1S/C14H19F2NO/c1-17-11(7-10-5-6-18-9-10)8-12-13(15)3-2-4-14(12)16/h2-4,10-11,17H,5-9H2,1H3. The van der Waals surface area contributed by atoms with E-state index in [0.717, 1.165) is 26.1 Å². The Morgan fingerprint density at radius 3 is 2.67 bits per heavy atom. The monoisotopic (exact) mass is 255 g/mol. The lowest BCUT2D eigenvalue weighted by molar-refractivity contribution is 0.181. The molecule has 1 aromatic rings. The zero-order chi connectivity index (χ0) is 13.0. The van der Waals surface area contributed by atoms with Crippen LogP contribution >= 0.6 is 0 Å². The lowest BCUT2D eigenvalue weighted by Gasteiger charge is -2.20. The molecule has 0 aliphatic carbocycles. The summed E-state index contributed by atoms with van der Waals surface area (Å²) in [6.07, 6.45) is 2.31. The number of hydrogen-bond donors (Lipinski definition) is 1. The summed E-state index contributed by atoms with van der Waals surface area (Å²) in [5.41, 5.74) is 0.177. The molecule has 18 heavy (non-hydrogen) atoms. The first kappa shape index (κ1) is 13.4. The van der Waals surface area contributed by atoms with Crippen molar-refractivity contribution >= 4 is 0 Å². The van der Waals surface area contributed by atoms with Crippen molar-refractivity contribution in [1.82, 2.24) is 5.32 Å². The maximum atomic E-state index is 13.6. The minimum atomic E-state index is -0.460. The van der Waals surface area contributed by atoms with Crippen molar-refractivity contribution in [3.63, 3.8) is 0 Å². The second-order valence-corrected chi connectivity index (χ2v) is 4.86. The van der Waals surface area contributed by atoms with Crippen molar-refractivity contribution in [1.29, 1.82) is 0 Å². The molecule has 1 aromatic carbocycles. The van der Waals surface area contributed by atoms with Crippen molar-refractivity contribution < 1.29 is 13.5 Å². The van der Waals surface area contributed by atoms with Crippen LogP contribution in [0.15, 0.2) is 18.2 Å². The molecule has 100 valence electrons. The molecular formula is C14H19F2NO. The Kier molecular flexibility index (Phi) is 4.66. The van der Waals surface area contributed by atoms with Crippen LogP contribution in [0, 0.1) is 17.6 Å². The number of ether oxygens (including phenoxy) is 1. The van der Waals surface area contributed by atoms with Crippen molar-refractivity contribution in [2.45, 2.75) is 25.3 Å². The van der Waals surface area contributed by atoms with Gasteiger partial charge in [0.1, 0.15) is 11.6 Å². The normalized spacial score (nSPS) is 21.2. The second-order valence-electron chi connectivity index (χ2n) is 4.86. The van der Waals surface area contributed by atoms with Gasteiger partial charge >= 0.3 is 0 Å². The average molecular weight is 255 g/mol. The van der Waals surface area contributed by atoms with Gasteiger partial charge in [-0.05, 0) is 44.4 Å². The molecule has 2 nitrogen and oxygen atoms in total. The lowest BCUT2D eigenvalue weighted by Crippen LogP contribution is -2.31. The SMILES string of the molecule is CNC(Cc1c(F)cccc1F)CC1CCOC1. The van der Waals surface area contributed by atoms with Gasteiger partial charge in [0, 0.05) is 24.8 Å². The highest BCUT2D eigenvalue weighted by atomic mass is 19.1. The van der Waals surface area contributed by atoms with Gasteiger partial charge in [-0.3, -0.25) is 0 Å². The highest BCUT2D eigenvalue weighted by molar-refractivity contribution is 5.20. The van der Waals surface area contributed by atoms with E-state index < -0.39 is 11.6 Å². The molecule has 0 amide bonds. The predicted molar refractivity (Wildman–Crippen MR) is 66.5 cm³/mol. The number of halogens is 2. The van der Waals surface area contributed by atoms with Gasteiger partial charge in [0.2, 0.25) is 0 Å². The number of nitrogens with one attached hydrogen (secondary N) is 1. The first-order chi connectivity index (χ1) is 8.70. The maximum absolute atomic E-state index is 13.6. The Labute approximate surface area is 106 Å². The van der Waals surface area contributed by atoms with Crippen molar-refractivity contribution in [3.8, 4) is 0 Å². The molecule has 1 fully saturated rings. The zero-order valence-electron chi connectivity index (χ0n) is 10.6. The number of benzene rings is 1. The Morgan fingerprint density at radius 1 is 1.39 bits per heavy atom. The van der Waals surface area contributed by atoms with E-state index in [-0.39, 0.29) is 11.6 Å². The molecule has 1 saturated heterocycles. The third-order valence-corrected chi connectivity index (χ3v) is 3.56. The first-order valence-electron chi connectivity index (χ1n) is 6.38. The molecule has 0 radical (unpaired) electrons. The molecule has 1 N–H and O–H groups in total. The number of rotatable bonds is 5. The van der Waals surface area contributed by atoms with Gasteiger partial charge in [-0.1, -0.05) is 6.07 Å². The quantitative estimate of drug-likeness (QED) is 0.873. The molecule has 2 atom stereocenters. The van der Waals surface area contributed by atoms with Crippen LogP contribution in [0.1, 0.15) is 18.4 Å². The topological polar surface area (TPSA) is 21.3 Å². The fourth-order valence-electron chi connectivity index (χ4n) is 2.45. The molecule has 2 unspecified atom stereocenters. The van der Waals surface area contributed by atoms with Crippen LogP contribution in [0.5, 0.6) is 0 Å².